The van der Waals surface area contributed by atoms with E-state index < -0.39 is 10.0 Å². The second kappa shape index (κ2) is 7.66. The van der Waals surface area contributed by atoms with Gasteiger partial charge in [0.05, 0.1) is 16.8 Å². The third-order valence-electron chi connectivity index (χ3n) is 5.27. The van der Waals surface area contributed by atoms with E-state index in [1.807, 2.05) is 26.0 Å². The molecule has 3 rings (SSSR count). The average molecular weight is 374 g/mol. The summed E-state index contributed by atoms with van der Waals surface area (Å²) < 4.78 is 27.8. The number of nitrogens with zero attached hydrogens (tertiary/aromatic N) is 2. The van der Waals surface area contributed by atoms with Crippen molar-refractivity contribution in [1.29, 1.82) is 0 Å². The summed E-state index contributed by atoms with van der Waals surface area (Å²) in [6, 6.07) is 9.33. The van der Waals surface area contributed by atoms with E-state index in [2.05, 4.69) is 21.7 Å². The average Bonchev–Trinajstić information content (AvgIpc) is 2.64. The minimum atomic E-state index is -3.61. The second-order valence-corrected chi connectivity index (χ2v) is 8.84. The van der Waals surface area contributed by atoms with E-state index in [-0.39, 0.29) is 4.90 Å². The highest BCUT2D eigenvalue weighted by Gasteiger charge is 2.19. The Bertz CT molecular complexity index is 857. The van der Waals surface area contributed by atoms with E-state index in [0.717, 1.165) is 16.9 Å². The Kier molecular flexibility index (Phi) is 5.51. The number of nitrogens with one attached hydrogen (secondary N) is 1. The lowest BCUT2D eigenvalue weighted by atomic mass is 9.94. The van der Waals surface area contributed by atoms with Crippen molar-refractivity contribution >= 4 is 21.5 Å². The Morgan fingerprint density at radius 3 is 2.38 bits per heavy atom. The first-order valence-electron chi connectivity index (χ1n) is 9.16. The number of aromatic nitrogens is 1. The molecule has 0 bridgehead atoms. The molecule has 140 valence electrons. The fraction of sp³-hybridized carbons (Fsp3) is 0.450. The standard InChI is InChI=1S/C20H27N3O2S/c1-15-9-11-19(13-16(15)2)26(24,25)22-17-10-12-20(21-14-17)23(3)18-7-5-4-6-8-18/h9-14,18,22H,4-8H2,1-3H3. The first-order valence-corrected chi connectivity index (χ1v) is 10.6. The minimum Gasteiger partial charge on any atom is -0.357 e. The van der Waals surface area contributed by atoms with E-state index in [4.69, 9.17) is 0 Å². The van der Waals surface area contributed by atoms with Crippen LogP contribution in [-0.4, -0.2) is 26.5 Å². The molecule has 6 heteroatoms. The Balaban J connectivity index is 1.73. The molecule has 0 radical (unpaired) electrons. The molecule has 1 aromatic heterocycles. The number of aryl methyl sites for hydroxylation is 2. The van der Waals surface area contributed by atoms with Crippen molar-refractivity contribution in [2.45, 2.75) is 56.9 Å². The predicted octanol–water partition coefficient (Wildman–Crippen LogP) is 4.27. The SMILES string of the molecule is Cc1ccc(S(=O)(=O)Nc2ccc(N(C)C3CCCCC3)nc2)cc1C. The maximum atomic E-state index is 12.6. The molecule has 1 aliphatic rings. The predicted molar refractivity (Wildman–Crippen MR) is 106 cm³/mol. The number of rotatable bonds is 5. The van der Waals surface area contributed by atoms with Crippen molar-refractivity contribution in [3.8, 4) is 0 Å². The summed E-state index contributed by atoms with van der Waals surface area (Å²) in [7, 11) is -1.54. The smallest absolute Gasteiger partial charge is 0.261 e. The molecule has 0 spiro atoms. The molecule has 0 saturated heterocycles. The third kappa shape index (κ3) is 4.18. The second-order valence-electron chi connectivity index (χ2n) is 7.16. The summed E-state index contributed by atoms with van der Waals surface area (Å²) in [6.45, 7) is 3.87. The van der Waals surface area contributed by atoms with Gasteiger partial charge in [0.1, 0.15) is 5.82 Å². The van der Waals surface area contributed by atoms with Crippen LogP contribution >= 0.6 is 0 Å². The van der Waals surface area contributed by atoms with Gasteiger partial charge in [-0.25, -0.2) is 13.4 Å². The molecule has 0 atom stereocenters. The molecule has 2 aromatic rings. The highest BCUT2D eigenvalue weighted by atomic mass is 32.2. The van der Waals surface area contributed by atoms with Gasteiger partial charge in [-0.1, -0.05) is 25.3 Å². The van der Waals surface area contributed by atoms with Gasteiger partial charge in [-0.3, -0.25) is 4.72 Å². The number of pyridine rings is 1. The van der Waals surface area contributed by atoms with E-state index >= 15 is 0 Å². The monoisotopic (exact) mass is 373 g/mol. The van der Waals surface area contributed by atoms with Crippen molar-refractivity contribution in [3.63, 3.8) is 0 Å². The van der Waals surface area contributed by atoms with Crippen LogP contribution < -0.4 is 9.62 Å². The van der Waals surface area contributed by atoms with E-state index in [1.165, 1.54) is 32.1 Å². The molecule has 5 nitrogen and oxygen atoms in total. The van der Waals surface area contributed by atoms with Gasteiger partial charge >= 0.3 is 0 Å². The van der Waals surface area contributed by atoms with Gasteiger partial charge in [0, 0.05) is 13.1 Å². The fourth-order valence-corrected chi connectivity index (χ4v) is 4.53. The summed E-state index contributed by atoms with van der Waals surface area (Å²) in [5.41, 5.74) is 2.50. The van der Waals surface area contributed by atoms with Crippen molar-refractivity contribution < 1.29 is 8.42 Å². The van der Waals surface area contributed by atoms with Crippen molar-refractivity contribution in [3.05, 3.63) is 47.7 Å². The first-order chi connectivity index (χ1) is 12.4. The topological polar surface area (TPSA) is 62.3 Å². The maximum Gasteiger partial charge on any atom is 0.261 e. The van der Waals surface area contributed by atoms with Gasteiger partial charge in [0.2, 0.25) is 0 Å². The number of benzene rings is 1. The van der Waals surface area contributed by atoms with Crippen molar-refractivity contribution in [1.82, 2.24) is 4.98 Å². The van der Waals surface area contributed by atoms with Crippen LogP contribution in [0.25, 0.3) is 0 Å². The van der Waals surface area contributed by atoms with Gasteiger partial charge < -0.3 is 4.90 Å². The van der Waals surface area contributed by atoms with Crippen LogP contribution in [0.3, 0.4) is 0 Å². The first kappa shape index (κ1) is 18.7. The summed E-state index contributed by atoms with van der Waals surface area (Å²) in [6.07, 6.45) is 7.83. The van der Waals surface area contributed by atoms with E-state index in [0.29, 0.717) is 11.7 Å². The number of hydrogen-bond acceptors (Lipinski definition) is 4. The molecule has 0 amide bonds. The van der Waals surface area contributed by atoms with E-state index in [1.54, 1.807) is 24.4 Å². The lowest BCUT2D eigenvalue weighted by Crippen LogP contribution is -2.33. The Morgan fingerprint density at radius 1 is 1.04 bits per heavy atom. The normalized spacial score (nSPS) is 15.7. The third-order valence-corrected chi connectivity index (χ3v) is 6.65. The molecule has 1 fully saturated rings. The molecular formula is C20H27N3O2S. The summed E-state index contributed by atoms with van der Waals surface area (Å²) >= 11 is 0. The summed E-state index contributed by atoms with van der Waals surface area (Å²) in [5, 5.41) is 0. The maximum absolute atomic E-state index is 12.6. The van der Waals surface area contributed by atoms with Crippen LogP contribution in [0, 0.1) is 13.8 Å². The van der Waals surface area contributed by atoms with Gasteiger partial charge in [-0.2, -0.15) is 0 Å². The number of hydrogen-bond donors (Lipinski definition) is 1. The lowest BCUT2D eigenvalue weighted by molar-refractivity contribution is 0.426. The molecule has 26 heavy (non-hydrogen) atoms. The van der Waals surface area contributed by atoms with Crippen LogP contribution in [0.15, 0.2) is 41.4 Å². The summed E-state index contributed by atoms with van der Waals surface area (Å²) in [5.74, 6) is 0.881. The molecular weight excluding hydrogens is 346 g/mol. The molecule has 1 aliphatic carbocycles. The fourth-order valence-electron chi connectivity index (χ4n) is 3.41. The highest BCUT2D eigenvalue weighted by molar-refractivity contribution is 7.92. The van der Waals surface area contributed by atoms with Crippen LogP contribution in [0.4, 0.5) is 11.5 Å². The number of sulfonamides is 1. The van der Waals surface area contributed by atoms with Crippen LogP contribution in [-0.2, 0) is 10.0 Å². The van der Waals surface area contributed by atoms with Crippen molar-refractivity contribution in [2.75, 3.05) is 16.7 Å². The Labute approximate surface area is 156 Å². The Hall–Kier alpha value is -2.08. The highest BCUT2D eigenvalue weighted by Crippen LogP contribution is 2.26. The number of anilines is 2. The van der Waals surface area contributed by atoms with Gasteiger partial charge in [0.25, 0.3) is 10.0 Å². The summed E-state index contributed by atoms with van der Waals surface area (Å²) in [4.78, 5) is 6.94. The minimum absolute atomic E-state index is 0.268. The van der Waals surface area contributed by atoms with Gasteiger partial charge in [0.15, 0.2) is 0 Å². The van der Waals surface area contributed by atoms with Crippen LogP contribution in [0.2, 0.25) is 0 Å². The van der Waals surface area contributed by atoms with E-state index in [9.17, 15) is 8.42 Å². The van der Waals surface area contributed by atoms with Crippen molar-refractivity contribution in [2.24, 2.45) is 0 Å². The quantitative estimate of drug-likeness (QED) is 0.850. The van der Waals surface area contributed by atoms with Crippen LogP contribution in [0.5, 0.6) is 0 Å². The molecule has 1 aromatic carbocycles. The molecule has 1 heterocycles. The zero-order valence-electron chi connectivity index (χ0n) is 15.7. The van der Waals surface area contributed by atoms with Crippen LogP contribution in [0.1, 0.15) is 43.2 Å². The zero-order chi connectivity index (χ0) is 18.7. The molecule has 0 aliphatic heterocycles. The largest absolute Gasteiger partial charge is 0.357 e. The molecule has 0 unspecified atom stereocenters. The zero-order valence-corrected chi connectivity index (χ0v) is 16.5. The molecule has 1 N–H and O–H groups in total. The lowest BCUT2D eigenvalue weighted by Gasteiger charge is -2.32. The molecule has 1 saturated carbocycles. The Morgan fingerprint density at radius 2 is 1.77 bits per heavy atom. The van der Waals surface area contributed by atoms with Gasteiger partial charge in [-0.15, -0.1) is 0 Å². The van der Waals surface area contributed by atoms with Gasteiger partial charge in [-0.05, 0) is 62.1 Å².